The van der Waals surface area contributed by atoms with Crippen molar-refractivity contribution >= 4 is 34.6 Å². The van der Waals surface area contributed by atoms with E-state index in [1.807, 2.05) is 18.2 Å². The molecule has 2 aromatic carbocycles. The zero-order chi connectivity index (χ0) is 26.3. The maximum atomic E-state index is 13.9. The van der Waals surface area contributed by atoms with E-state index in [1.54, 1.807) is 17.0 Å². The number of nitrogens with one attached hydrogen (secondary N) is 1. The number of carbonyl (C=O) groups excluding carboxylic acids is 2. The number of aromatic hydroxyl groups is 1. The highest BCUT2D eigenvalue weighted by Gasteiger charge is 2.51. The Kier molecular flexibility index (Phi) is 6.17. The molecule has 0 radical (unpaired) electrons. The van der Waals surface area contributed by atoms with Crippen LogP contribution >= 0.6 is 0 Å². The summed E-state index contributed by atoms with van der Waals surface area (Å²) >= 11 is 0. The number of aromatic amines is 1. The molecule has 1 aromatic heterocycles. The van der Waals surface area contributed by atoms with Crippen molar-refractivity contribution < 1.29 is 24.6 Å². The van der Waals surface area contributed by atoms with Crippen LogP contribution in [0.25, 0.3) is 10.9 Å². The minimum Gasteiger partial charge on any atom is -0.508 e. The molecule has 2 unspecified atom stereocenters. The van der Waals surface area contributed by atoms with E-state index < -0.39 is 18.3 Å². The molecule has 37 heavy (non-hydrogen) atoms. The number of carbonyl (C=O) groups is 3. The summed E-state index contributed by atoms with van der Waals surface area (Å²) in [6.45, 7) is 3.79. The van der Waals surface area contributed by atoms with Crippen LogP contribution in [0, 0.1) is 0 Å². The Hall–Kier alpha value is -4.58. The first-order chi connectivity index (χ1) is 17.8. The summed E-state index contributed by atoms with van der Waals surface area (Å²) < 4.78 is 0. The number of hydrazine groups is 1. The molecule has 5 N–H and O–H groups in total. The average molecular weight is 506 g/mol. The summed E-state index contributed by atoms with van der Waals surface area (Å²) in [5.41, 5.74) is 8.13. The van der Waals surface area contributed by atoms with Gasteiger partial charge in [-0.25, -0.2) is 14.8 Å². The second-order valence-corrected chi connectivity index (χ2v) is 9.10. The molecule has 192 valence electrons. The molecule has 2 atom stereocenters. The maximum Gasteiger partial charge on any atom is 0.424 e. The van der Waals surface area contributed by atoms with E-state index in [0.717, 1.165) is 21.5 Å². The fraction of sp³-hybridized carbons (Fsp3) is 0.280. The van der Waals surface area contributed by atoms with Gasteiger partial charge in [0.05, 0.1) is 18.6 Å². The van der Waals surface area contributed by atoms with Crippen molar-refractivity contribution in [3.05, 3.63) is 66.2 Å². The quantitative estimate of drug-likeness (QED) is 0.365. The molecular formula is C25H27N7O5. The topological polar surface area (TPSA) is 159 Å². The van der Waals surface area contributed by atoms with E-state index in [-0.39, 0.29) is 50.2 Å². The number of benzene rings is 2. The maximum absolute atomic E-state index is 13.9. The SMILES string of the molecule is C=CCN1CC(=O)N2C(Cc3ccc(O)cc3)C(=O)N(Cc3cccc4c(N)n[nH]c34)CC2N1C(=O)O. The number of aromatic nitrogens is 2. The number of rotatable bonds is 6. The molecule has 2 fully saturated rings. The summed E-state index contributed by atoms with van der Waals surface area (Å²) in [6.07, 6.45) is -0.467. The third kappa shape index (κ3) is 4.31. The largest absolute Gasteiger partial charge is 0.508 e. The molecule has 2 aliphatic rings. The lowest BCUT2D eigenvalue weighted by molar-refractivity contribution is -0.192. The van der Waals surface area contributed by atoms with E-state index in [2.05, 4.69) is 16.8 Å². The smallest absolute Gasteiger partial charge is 0.424 e. The number of nitrogens with zero attached hydrogens (tertiary/aromatic N) is 5. The average Bonchev–Trinajstić information content (AvgIpc) is 3.24. The monoisotopic (exact) mass is 505 g/mol. The van der Waals surface area contributed by atoms with E-state index in [4.69, 9.17) is 5.73 Å². The Morgan fingerprint density at radius 1 is 1.22 bits per heavy atom. The molecule has 0 bridgehead atoms. The van der Waals surface area contributed by atoms with Gasteiger partial charge in [0, 0.05) is 24.9 Å². The van der Waals surface area contributed by atoms with E-state index in [1.165, 1.54) is 28.1 Å². The minimum atomic E-state index is -1.23. The van der Waals surface area contributed by atoms with Gasteiger partial charge in [0.1, 0.15) is 18.0 Å². The number of hydrogen-bond acceptors (Lipinski definition) is 7. The number of fused-ring (bicyclic) bond motifs is 2. The second-order valence-electron chi connectivity index (χ2n) is 9.10. The first-order valence-corrected chi connectivity index (χ1v) is 11.8. The predicted octanol–water partition coefficient (Wildman–Crippen LogP) is 1.36. The summed E-state index contributed by atoms with van der Waals surface area (Å²) in [6, 6.07) is 10.9. The molecule has 0 aliphatic carbocycles. The van der Waals surface area contributed by atoms with Gasteiger partial charge in [-0.3, -0.25) is 14.7 Å². The van der Waals surface area contributed by atoms with Gasteiger partial charge in [-0.15, -0.1) is 6.58 Å². The normalized spacial score (nSPS) is 20.4. The number of nitrogen functional groups attached to an aromatic ring is 1. The van der Waals surface area contributed by atoms with Crippen LogP contribution in [0.3, 0.4) is 0 Å². The van der Waals surface area contributed by atoms with Crippen LogP contribution in [0.15, 0.2) is 55.1 Å². The standard InChI is InChI=1S/C25H27N7O5/c1-2-10-30-14-21(34)31-19(11-15-6-8-17(33)9-7-15)24(35)29(13-20(31)32(30)25(36)37)12-16-4-3-5-18-22(16)27-28-23(18)26/h2-9,19-20,33H,1,10-14H2,(H,36,37)(H3,26,27,28). The molecule has 3 aromatic rings. The summed E-state index contributed by atoms with van der Waals surface area (Å²) in [4.78, 5) is 42.5. The van der Waals surface area contributed by atoms with Crippen LogP contribution in [0.2, 0.25) is 0 Å². The number of phenolic OH excluding ortho intramolecular Hbond substituents is 1. The number of amides is 3. The van der Waals surface area contributed by atoms with Crippen LogP contribution < -0.4 is 5.73 Å². The van der Waals surface area contributed by atoms with Crippen molar-refractivity contribution in [2.24, 2.45) is 0 Å². The van der Waals surface area contributed by atoms with Crippen molar-refractivity contribution in [1.29, 1.82) is 0 Å². The van der Waals surface area contributed by atoms with Gasteiger partial charge in [0.2, 0.25) is 11.8 Å². The number of hydrogen-bond donors (Lipinski definition) is 4. The highest BCUT2D eigenvalue weighted by molar-refractivity contribution is 5.93. The Bertz CT molecular complexity index is 1370. The van der Waals surface area contributed by atoms with Crippen LogP contribution in [0.5, 0.6) is 5.75 Å². The van der Waals surface area contributed by atoms with Gasteiger partial charge in [-0.05, 0) is 29.3 Å². The third-order valence-electron chi connectivity index (χ3n) is 6.81. The van der Waals surface area contributed by atoms with Crippen LogP contribution in [0.4, 0.5) is 10.6 Å². The molecule has 12 heteroatoms. The van der Waals surface area contributed by atoms with Crippen LogP contribution in [-0.2, 0) is 22.6 Å². The number of anilines is 1. The van der Waals surface area contributed by atoms with Crippen LogP contribution in [-0.4, -0.2) is 90.0 Å². The summed E-state index contributed by atoms with van der Waals surface area (Å²) in [7, 11) is 0. The van der Waals surface area contributed by atoms with E-state index in [0.29, 0.717) is 11.3 Å². The van der Waals surface area contributed by atoms with E-state index in [9.17, 15) is 24.6 Å². The molecule has 2 saturated heterocycles. The van der Waals surface area contributed by atoms with Crippen molar-refractivity contribution in [1.82, 2.24) is 30.0 Å². The fourth-order valence-electron chi connectivity index (χ4n) is 5.14. The van der Waals surface area contributed by atoms with Gasteiger partial charge >= 0.3 is 6.09 Å². The highest BCUT2D eigenvalue weighted by Crippen LogP contribution is 2.30. The Balaban J connectivity index is 1.54. The highest BCUT2D eigenvalue weighted by atomic mass is 16.4. The Morgan fingerprint density at radius 3 is 2.68 bits per heavy atom. The zero-order valence-corrected chi connectivity index (χ0v) is 19.9. The molecule has 0 spiro atoms. The first-order valence-electron chi connectivity index (χ1n) is 11.8. The van der Waals surface area contributed by atoms with Crippen molar-refractivity contribution in [2.45, 2.75) is 25.2 Å². The first kappa shape index (κ1) is 24.1. The van der Waals surface area contributed by atoms with E-state index >= 15 is 0 Å². The molecule has 0 saturated carbocycles. The molecule has 2 aliphatic heterocycles. The van der Waals surface area contributed by atoms with Crippen molar-refractivity contribution in [2.75, 3.05) is 25.4 Å². The molecular weight excluding hydrogens is 478 g/mol. The summed E-state index contributed by atoms with van der Waals surface area (Å²) in [5, 5.41) is 30.0. The summed E-state index contributed by atoms with van der Waals surface area (Å²) in [5.74, 6) is -0.223. The minimum absolute atomic E-state index is 0.0173. The van der Waals surface area contributed by atoms with Gasteiger partial charge in [-0.1, -0.05) is 30.3 Å². The zero-order valence-electron chi connectivity index (χ0n) is 19.9. The van der Waals surface area contributed by atoms with Crippen molar-refractivity contribution in [3.63, 3.8) is 0 Å². The third-order valence-corrected chi connectivity index (χ3v) is 6.81. The number of phenols is 1. The number of carboxylic acid groups (broad SMARTS) is 1. The predicted molar refractivity (Wildman–Crippen MR) is 134 cm³/mol. The van der Waals surface area contributed by atoms with Gasteiger partial charge in [0.25, 0.3) is 0 Å². The van der Waals surface area contributed by atoms with Crippen molar-refractivity contribution in [3.8, 4) is 5.75 Å². The molecule has 12 nitrogen and oxygen atoms in total. The number of para-hydroxylation sites is 1. The Labute approximate surface area is 212 Å². The number of nitrogens with two attached hydrogens (primary N) is 1. The van der Waals surface area contributed by atoms with Gasteiger partial charge < -0.3 is 25.7 Å². The van der Waals surface area contributed by atoms with Gasteiger partial charge in [0.15, 0.2) is 5.82 Å². The van der Waals surface area contributed by atoms with Gasteiger partial charge in [-0.2, -0.15) is 5.10 Å². The molecule has 5 rings (SSSR count). The Morgan fingerprint density at radius 2 is 1.97 bits per heavy atom. The van der Waals surface area contributed by atoms with Crippen LogP contribution in [0.1, 0.15) is 11.1 Å². The molecule has 3 heterocycles. The number of H-pyrrole nitrogens is 1. The second kappa shape index (κ2) is 9.47. The lowest BCUT2D eigenvalue weighted by Gasteiger charge is -2.54. The number of piperazine rings is 1. The molecule has 3 amide bonds. The lowest BCUT2D eigenvalue weighted by atomic mass is 9.98. The lowest BCUT2D eigenvalue weighted by Crippen LogP contribution is -2.75. The fourth-order valence-corrected chi connectivity index (χ4v) is 5.14.